The summed E-state index contributed by atoms with van der Waals surface area (Å²) in [6, 6.07) is 3.08. The normalized spacial score (nSPS) is 17.1. The van der Waals surface area contributed by atoms with E-state index < -0.39 is 10.0 Å². The molecule has 0 aliphatic heterocycles. The molecule has 1 aromatic heterocycles. The van der Waals surface area contributed by atoms with Crippen molar-refractivity contribution in [1.82, 2.24) is 10.0 Å². The van der Waals surface area contributed by atoms with Crippen molar-refractivity contribution in [2.45, 2.75) is 44.7 Å². The Hall–Kier alpha value is -1.09. The zero-order chi connectivity index (χ0) is 16.9. The summed E-state index contributed by atoms with van der Waals surface area (Å²) in [4.78, 5) is 12.3. The highest BCUT2D eigenvalue weighted by molar-refractivity contribution is 7.88. The van der Waals surface area contributed by atoms with E-state index in [0.717, 1.165) is 19.1 Å². The molecule has 1 saturated carbocycles. The first kappa shape index (κ1) is 21.0. The molecule has 1 amide bonds. The van der Waals surface area contributed by atoms with E-state index in [4.69, 9.17) is 10.2 Å². The van der Waals surface area contributed by atoms with E-state index in [1.165, 1.54) is 19.3 Å². The molecule has 24 heavy (non-hydrogen) atoms. The van der Waals surface area contributed by atoms with Crippen molar-refractivity contribution in [3.63, 3.8) is 0 Å². The molecular weight excluding hydrogens is 354 g/mol. The monoisotopic (exact) mass is 379 g/mol. The van der Waals surface area contributed by atoms with Crippen molar-refractivity contribution >= 4 is 28.3 Å². The quantitative estimate of drug-likeness (QED) is 0.662. The fraction of sp³-hybridized carbons (Fsp3) is 0.667. The molecule has 1 fully saturated rings. The molecule has 1 aromatic rings. The molecule has 0 radical (unpaired) electrons. The number of carbonyl (C=O) groups excluding carboxylic acids is 1. The molecule has 1 heterocycles. The number of rotatable bonds is 7. The highest BCUT2D eigenvalue weighted by Crippen LogP contribution is 2.26. The second-order valence-electron chi connectivity index (χ2n) is 6.07. The van der Waals surface area contributed by atoms with Gasteiger partial charge in [-0.1, -0.05) is 19.3 Å². The highest BCUT2D eigenvalue weighted by atomic mass is 35.5. The second-order valence-corrected chi connectivity index (χ2v) is 7.91. The molecule has 0 aromatic carbocycles. The average molecular weight is 380 g/mol. The van der Waals surface area contributed by atoms with Crippen LogP contribution in [0.4, 0.5) is 0 Å². The Kier molecular flexibility index (Phi) is 8.21. The molecule has 1 unspecified atom stereocenters. The van der Waals surface area contributed by atoms with Crippen molar-refractivity contribution in [3.05, 3.63) is 23.7 Å². The van der Waals surface area contributed by atoms with Gasteiger partial charge in [-0.2, -0.15) is 0 Å². The predicted molar refractivity (Wildman–Crippen MR) is 94.5 cm³/mol. The Morgan fingerprint density at radius 3 is 2.58 bits per heavy atom. The molecule has 9 heteroatoms. The van der Waals surface area contributed by atoms with Crippen molar-refractivity contribution in [2.24, 2.45) is 11.7 Å². The van der Waals surface area contributed by atoms with E-state index in [1.807, 2.05) is 0 Å². The third kappa shape index (κ3) is 6.43. The lowest BCUT2D eigenvalue weighted by atomic mass is 9.84. The van der Waals surface area contributed by atoms with E-state index in [0.29, 0.717) is 18.2 Å². The molecule has 138 valence electrons. The van der Waals surface area contributed by atoms with Crippen LogP contribution in [0.2, 0.25) is 0 Å². The molecule has 0 bridgehead atoms. The molecule has 1 aliphatic carbocycles. The van der Waals surface area contributed by atoms with Gasteiger partial charge in [-0.05, 0) is 30.9 Å². The number of halogens is 1. The summed E-state index contributed by atoms with van der Waals surface area (Å²) in [5.74, 6) is 0.669. The predicted octanol–water partition coefficient (Wildman–Crippen LogP) is 1.39. The van der Waals surface area contributed by atoms with Crippen molar-refractivity contribution in [1.29, 1.82) is 0 Å². The van der Waals surface area contributed by atoms with Crippen LogP contribution in [-0.4, -0.2) is 33.2 Å². The highest BCUT2D eigenvalue weighted by Gasteiger charge is 2.25. The Morgan fingerprint density at radius 2 is 2.00 bits per heavy atom. The van der Waals surface area contributed by atoms with Gasteiger partial charge in [0.25, 0.3) is 5.91 Å². The van der Waals surface area contributed by atoms with Gasteiger partial charge in [-0.15, -0.1) is 12.4 Å². The Labute approximate surface area is 149 Å². The summed E-state index contributed by atoms with van der Waals surface area (Å²) >= 11 is 0. The fourth-order valence-electron chi connectivity index (χ4n) is 2.94. The summed E-state index contributed by atoms with van der Waals surface area (Å²) in [5.41, 5.74) is 5.81. The standard InChI is InChI=1S/C15H25N3O4S.ClH/c1-23(20,21)17-10-12-7-8-14(22-12)15(19)18-13(9-16)11-5-3-2-4-6-11;/h7-8,11,13,17H,2-6,9-10,16H2,1H3,(H,18,19);1H. The molecule has 2 rings (SSSR count). The minimum atomic E-state index is -3.30. The number of sulfonamides is 1. The van der Waals surface area contributed by atoms with Gasteiger partial charge in [0.1, 0.15) is 5.76 Å². The first-order chi connectivity index (χ1) is 10.9. The van der Waals surface area contributed by atoms with Crippen molar-refractivity contribution < 1.29 is 17.6 Å². The number of hydrogen-bond donors (Lipinski definition) is 3. The Bertz CT molecular complexity index is 626. The van der Waals surface area contributed by atoms with Crippen molar-refractivity contribution in [3.8, 4) is 0 Å². The van der Waals surface area contributed by atoms with Crippen LogP contribution >= 0.6 is 12.4 Å². The summed E-state index contributed by atoms with van der Waals surface area (Å²) in [5, 5.41) is 2.94. The van der Waals surface area contributed by atoms with Crippen LogP contribution in [0.5, 0.6) is 0 Å². The maximum absolute atomic E-state index is 12.3. The topological polar surface area (TPSA) is 114 Å². The van der Waals surface area contributed by atoms with Gasteiger partial charge in [0.15, 0.2) is 5.76 Å². The van der Waals surface area contributed by atoms with Gasteiger partial charge in [-0.3, -0.25) is 4.79 Å². The van der Waals surface area contributed by atoms with Gasteiger partial charge >= 0.3 is 0 Å². The first-order valence-electron chi connectivity index (χ1n) is 7.93. The molecule has 4 N–H and O–H groups in total. The molecule has 1 aliphatic rings. The minimum absolute atomic E-state index is 0. The number of carbonyl (C=O) groups is 1. The minimum Gasteiger partial charge on any atom is -0.455 e. The largest absolute Gasteiger partial charge is 0.455 e. The number of nitrogens with two attached hydrogens (primary N) is 1. The third-order valence-corrected chi connectivity index (χ3v) is 4.85. The van der Waals surface area contributed by atoms with Crippen LogP contribution in [0.25, 0.3) is 0 Å². The zero-order valence-electron chi connectivity index (χ0n) is 13.8. The van der Waals surface area contributed by atoms with Gasteiger partial charge in [0, 0.05) is 12.6 Å². The van der Waals surface area contributed by atoms with Gasteiger partial charge in [-0.25, -0.2) is 13.1 Å². The summed E-state index contributed by atoms with van der Waals surface area (Å²) < 4.78 is 29.8. The SMILES string of the molecule is CS(=O)(=O)NCc1ccc(C(=O)NC(CN)C2CCCCC2)o1.Cl. The van der Waals surface area contributed by atoms with E-state index in [1.54, 1.807) is 12.1 Å². The number of hydrogen-bond acceptors (Lipinski definition) is 5. The zero-order valence-corrected chi connectivity index (χ0v) is 15.4. The second kappa shape index (κ2) is 9.41. The van der Waals surface area contributed by atoms with Crippen LogP contribution < -0.4 is 15.8 Å². The lowest BCUT2D eigenvalue weighted by Gasteiger charge is -2.29. The van der Waals surface area contributed by atoms with Crippen LogP contribution in [0.3, 0.4) is 0 Å². The molecular formula is C15H26ClN3O4S. The van der Waals surface area contributed by atoms with E-state index >= 15 is 0 Å². The Balaban J connectivity index is 0.00000288. The van der Waals surface area contributed by atoms with Gasteiger partial charge < -0.3 is 15.5 Å². The van der Waals surface area contributed by atoms with Crippen LogP contribution in [0, 0.1) is 5.92 Å². The summed E-state index contributed by atoms with van der Waals surface area (Å²) in [6.45, 7) is 0.425. The Morgan fingerprint density at radius 1 is 1.33 bits per heavy atom. The van der Waals surface area contributed by atoms with Gasteiger partial charge in [0.2, 0.25) is 10.0 Å². The third-order valence-electron chi connectivity index (χ3n) is 4.18. The molecule has 7 nitrogen and oxygen atoms in total. The molecule has 0 saturated heterocycles. The van der Waals surface area contributed by atoms with Gasteiger partial charge in [0.05, 0.1) is 12.8 Å². The number of nitrogens with one attached hydrogen (secondary N) is 2. The molecule has 0 spiro atoms. The summed E-state index contributed by atoms with van der Waals surface area (Å²) in [6.07, 6.45) is 6.85. The molecule has 1 atom stereocenters. The lowest BCUT2D eigenvalue weighted by Crippen LogP contribution is -2.45. The summed E-state index contributed by atoms with van der Waals surface area (Å²) in [7, 11) is -3.30. The van der Waals surface area contributed by atoms with Crippen LogP contribution in [0.1, 0.15) is 48.4 Å². The number of amides is 1. The van der Waals surface area contributed by atoms with Crippen molar-refractivity contribution in [2.75, 3.05) is 12.8 Å². The average Bonchev–Trinajstić information content (AvgIpc) is 3.00. The maximum Gasteiger partial charge on any atom is 0.287 e. The first-order valence-corrected chi connectivity index (χ1v) is 9.82. The van der Waals surface area contributed by atoms with Crippen LogP contribution in [-0.2, 0) is 16.6 Å². The van der Waals surface area contributed by atoms with Crippen LogP contribution in [0.15, 0.2) is 16.5 Å². The van der Waals surface area contributed by atoms with E-state index in [-0.39, 0.29) is 36.7 Å². The van der Waals surface area contributed by atoms with E-state index in [2.05, 4.69) is 10.0 Å². The fourth-order valence-corrected chi connectivity index (χ4v) is 3.35. The maximum atomic E-state index is 12.3. The number of furan rings is 1. The smallest absolute Gasteiger partial charge is 0.287 e. The van der Waals surface area contributed by atoms with E-state index in [9.17, 15) is 13.2 Å². The lowest BCUT2D eigenvalue weighted by molar-refractivity contribution is 0.0885.